The van der Waals surface area contributed by atoms with Gasteiger partial charge < -0.3 is 5.32 Å². The lowest BCUT2D eigenvalue weighted by Gasteiger charge is -2.22. The van der Waals surface area contributed by atoms with Crippen molar-refractivity contribution < 1.29 is 22.4 Å². The van der Waals surface area contributed by atoms with Gasteiger partial charge in [0.2, 0.25) is 0 Å². The van der Waals surface area contributed by atoms with Crippen LogP contribution in [0.2, 0.25) is 0 Å². The Balaban J connectivity index is 2.21. The van der Waals surface area contributed by atoms with Crippen LogP contribution in [-0.2, 0) is 4.79 Å². The Morgan fingerprint density at radius 3 is 2.68 bits per heavy atom. The van der Waals surface area contributed by atoms with E-state index in [-0.39, 0.29) is 11.1 Å². The van der Waals surface area contributed by atoms with E-state index in [1.807, 2.05) is 6.92 Å². The van der Waals surface area contributed by atoms with Gasteiger partial charge in [-0.15, -0.1) is 0 Å². The zero-order valence-corrected chi connectivity index (χ0v) is 13.1. The van der Waals surface area contributed by atoms with Gasteiger partial charge in [0.1, 0.15) is 5.83 Å². The van der Waals surface area contributed by atoms with Crippen molar-refractivity contribution in [2.45, 2.75) is 44.2 Å². The highest BCUT2D eigenvalue weighted by Crippen LogP contribution is 2.45. The number of carbonyl (C=O) groups is 1. The van der Waals surface area contributed by atoms with E-state index in [2.05, 4.69) is 10.3 Å². The smallest absolute Gasteiger partial charge is 0.304 e. The van der Waals surface area contributed by atoms with Crippen LogP contribution in [0.4, 0.5) is 17.6 Å². The van der Waals surface area contributed by atoms with Gasteiger partial charge in [-0.3, -0.25) is 9.79 Å². The highest BCUT2D eigenvalue weighted by molar-refractivity contribution is 8.16. The van der Waals surface area contributed by atoms with E-state index in [4.69, 9.17) is 0 Å². The molecule has 1 aliphatic heterocycles. The molecule has 1 saturated heterocycles. The fourth-order valence-electron chi connectivity index (χ4n) is 2.17. The summed E-state index contributed by atoms with van der Waals surface area (Å²) in [7, 11) is 0. The van der Waals surface area contributed by atoms with E-state index in [1.165, 1.54) is 6.08 Å². The molecule has 1 heterocycles. The lowest BCUT2D eigenvalue weighted by molar-refractivity contribution is -0.166. The summed E-state index contributed by atoms with van der Waals surface area (Å²) in [5, 5.41) is 2.00. The zero-order chi connectivity index (χ0) is 16.7. The summed E-state index contributed by atoms with van der Waals surface area (Å²) < 4.78 is 50.1. The maximum atomic E-state index is 13.8. The molecule has 2 aliphatic rings. The average Bonchev–Trinajstić information content (AvgIpc) is 2.68. The highest BCUT2D eigenvalue weighted by Gasteiger charge is 2.61. The van der Waals surface area contributed by atoms with E-state index >= 15 is 0 Å². The number of thioether (sulfide) groups is 1. The number of nitrogens with zero attached hydrogens (tertiary/aromatic N) is 1. The molecule has 0 spiro atoms. The largest absolute Gasteiger partial charge is 0.412 e. The molecule has 1 fully saturated rings. The summed E-state index contributed by atoms with van der Waals surface area (Å²) in [6, 6.07) is -0.669. The average molecular weight is 336 g/mol. The highest BCUT2D eigenvalue weighted by atomic mass is 32.2. The number of amides is 1. The molecule has 0 aromatic rings. The summed E-state index contributed by atoms with van der Waals surface area (Å²) in [6.45, 7) is 4.30. The van der Waals surface area contributed by atoms with Gasteiger partial charge in [0.15, 0.2) is 9.91 Å². The van der Waals surface area contributed by atoms with Crippen LogP contribution < -0.4 is 5.32 Å². The molecule has 122 valence electrons. The van der Waals surface area contributed by atoms with Crippen molar-refractivity contribution in [2.24, 2.45) is 10.9 Å². The third-order valence-electron chi connectivity index (χ3n) is 3.67. The van der Waals surface area contributed by atoms with Gasteiger partial charge in [-0.25, -0.2) is 4.39 Å². The van der Waals surface area contributed by atoms with E-state index in [0.717, 1.165) is 6.92 Å². The van der Waals surface area contributed by atoms with Gasteiger partial charge in [-0.1, -0.05) is 24.8 Å². The second-order valence-corrected chi connectivity index (χ2v) is 6.99. The molecule has 1 N–H and O–H groups in total. The van der Waals surface area contributed by atoms with E-state index in [0.29, 0.717) is 23.8 Å². The fourth-order valence-corrected chi connectivity index (χ4v) is 3.17. The van der Waals surface area contributed by atoms with Crippen molar-refractivity contribution in [3.8, 4) is 0 Å². The molecule has 3 atom stereocenters. The summed E-state index contributed by atoms with van der Waals surface area (Å²) in [6.07, 6.45) is -0.951. The number of amidine groups is 1. The Morgan fingerprint density at radius 2 is 2.14 bits per heavy atom. The molecule has 0 radical (unpaired) electrons. The van der Waals surface area contributed by atoms with Crippen LogP contribution in [0.3, 0.4) is 0 Å². The van der Waals surface area contributed by atoms with Gasteiger partial charge in [0.05, 0.1) is 6.04 Å². The Labute approximate surface area is 129 Å². The normalized spacial score (nSPS) is 32.6. The maximum Gasteiger partial charge on any atom is 0.412 e. The first-order valence-corrected chi connectivity index (χ1v) is 7.59. The molecule has 2 rings (SSSR count). The number of alkyl halides is 3. The van der Waals surface area contributed by atoms with E-state index in [1.54, 1.807) is 13.0 Å². The lowest BCUT2D eigenvalue weighted by Crippen LogP contribution is -2.46. The van der Waals surface area contributed by atoms with Crippen molar-refractivity contribution in [3.05, 3.63) is 23.6 Å². The molecule has 0 aromatic heterocycles. The van der Waals surface area contributed by atoms with Crippen LogP contribution in [0, 0.1) is 5.92 Å². The minimum Gasteiger partial charge on any atom is -0.304 e. The van der Waals surface area contributed by atoms with E-state index in [9.17, 15) is 22.4 Å². The molecule has 3 nitrogen and oxygen atoms in total. The molecule has 22 heavy (non-hydrogen) atoms. The molecule has 0 saturated carbocycles. The molecule has 1 aliphatic carbocycles. The van der Waals surface area contributed by atoms with Gasteiger partial charge in [-0.2, -0.15) is 13.2 Å². The standard InChI is InChI=1S/C14H16F4N2OS/c1-7-4-5-10(15)9(6-7)8(2)19-12-20-11(21)13(3,22-12)14(16,17)18/h5-8H,4H2,1-3H3,(H,19,20,21)/t7?,8-,13-/m0/s1. The summed E-state index contributed by atoms with van der Waals surface area (Å²) in [4.78, 5) is 15.6. The number of aliphatic imine (C=N–C) groups is 1. The first-order chi connectivity index (χ1) is 10.0. The molecule has 8 heteroatoms. The number of nitrogens with one attached hydrogen (secondary N) is 1. The SMILES string of the molecule is CC1C=C([C@H](C)N=C2NC(=O)[C@@](C)(C(F)(F)F)S2)C(F)=CC1. The topological polar surface area (TPSA) is 41.5 Å². The summed E-state index contributed by atoms with van der Waals surface area (Å²) in [5.74, 6) is -1.43. The summed E-state index contributed by atoms with van der Waals surface area (Å²) >= 11 is 0.318. The summed E-state index contributed by atoms with van der Waals surface area (Å²) in [5.41, 5.74) is 0.335. The van der Waals surface area contributed by atoms with Crippen molar-refractivity contribution in [3.63, 3.8) is 0 Å². The minimum atomic E-state index is -4.69. The number of hydrogen-bond donors (Lipinski definition) is 1. The number of allylic oxidation sites excluding steroid dienone is 2. The number of carbonyl (C=O) groups excluding carboxylic acids is 1. The van der Waals surface area contributed by atoms with Crippen molar-refractivity contribution >= 4 is 22.8 Å². The fraction of sp³-hybridized carbons (Fsp3) is 0.571. The second kappa shape index (κ2) is 5.72. The van der Waals surface area contributed by atoms with Crippen LogP contribution in [0.15, 0.2) is 28.5 Å². The van der Waals surface area contributed by atoms with Crippen molar-refractivity contribution in [1.82, 2.24) is 5.32 Å². The maximum absolute atomic E-state index is 13.8. The zero-order valence-electron chi connectivity index (χ0n) is 12.3. The van der Waals surface area contributed by atoms with Crippen molar-refractivity contribution in [1.29, 1.82) is 0 Å². The Hall–Kier alpha value is -1.31. The van der Waals surface area contributed by atoms with Crippen LogP contribution in [0.5, 0.6) is 0 Å². The van der Waals surface area contributed by atoms with Gasteiger partial charge >= 0.3 is 6.18 Å². The van der Waals surface area contributed by atoms with Crippen LogP contribution in [-0.4, -0.2) is 28.0 Å². The lowest BCUT2D eigenvalue weighted by atomic mass is 9.94. The molecule has 0 aromatic carbocycles. The predicted molar refractivity (Wildman–Crippen MR) is 78.1 cm³/mol. The first-order valence-electron chi connectivity index (χ1n) is 6.77. The second-order valence-electron chi connectivity index (χ2n) is 5.58. The Morgan fingerprint density at radius 1 is 1.50 bits per heavy atom. The minimum absolute atomic E-state index is 0.135. The molecule has 0 bridgehead atoms. The van der Waals surface area contributed by atoms with Crippen LogP contribution >= 0.6 is 11.8 Å². The Kier molecular flexibility index (Phi) is 4.43. The third kappa shape index (κ3) is 3.06. The van der Waals surface area contributed by atoms with Gasteiger partial charge in [-0.05, 0) is 32.3 Å². The van der Waals surface area contributed by atoms with Crippen LogP contribution in [0.1, 0.15) is 27.2 Å². The molecular formula is C14H16F4N2OS. The van der Waals surface area contributed by atoms with Gasteiger partial charge in [0.25, 0.3) is 5.91 Å². The van der Waals surface area contributed by atoms with Crippen molar-refractivity contribution in [2.75, 3.05) is 0 Å². The predicted octanol–water partition coefficient (Wildman–Crippen LogP) is 3.73. The van der Waals surface area contributed by atoms with Gasteiger partial charge in [0, 0.05) is 5.57 Å². The number of halogens is 4. The number of hydrogen-bond acceptors (Lipinski definition) is 3. The molecule has 1 amide bonds. The van der Waals surface area contributed by atoms with Crippen LogP contribution in [0.25, 0.3) is 0 Å². The Bertz CT molecular complexity index is 582. The monoisotopic (exact) mass is 336 g/mol. The molecular weight excluding hydrogens is 320 g/mol. The molecule has 1 unspecified atom stereocenters. The number of rotatable bonds is 2. The van der Waals surface area contributed by atoms with E-state index < -0.39 is 28.7 Å². The first kappa shape index (κ1) is 17.1. The quantitative estimate of drug-likeness (QED) is 0.781. The third-order valence-corrected chi connectivity index (χ3v) is 4.89.